The molecular formula is C10H9BrFN. The van der Waals surface area contributed by atoms with E-state index in [9.17, 15) is 4.39 Å². The van der Waals surface area contributed by atoms with Gasteiger partial charge in [0.05, 0.1) is 4.47 Å². The Morgan fingerprint density at radius 2 is 2.31 bits per heavy atom. The Morgan fingerprint density at radius 3 is 3.15 bits per heavy atom. The van der Waals surface area contributed by atoms with Crippen molar-refractivity contribution in [3.63, 3.8) is 0 Å². The van der Waals surface area contributed by atoms with Gasteiger partial charge in [0, 0.05) is 17.8 Å². The van der Waals surface area contributed by atoms with Gasteiger partial charge in [0.15, 0.2) is 0 Å². The molecule has 2 aliphatic rings. The van der Waals surface area contributed by atoms with Crippen LogP contribution in [-0.4, -0.2) is 6.54 Å². The van der Waals surface area contributed by atoms with E-state index >= 15 is 0 Å². The number of nitrogens with one attached hydrogen (secondary N) is 1. The van der Waals surface area contributed by atoms with Crippen LogP contribution in [-0.2, 0) is 0 Å². The van der Waals surface area contributed by atoms with Crippen LogP contribution in [0.25, 0.3) is 0 Å². The Labute approximate surface area is 84.5 Å². The van der Waals surface area contributed by atoms with Crippen LogP contribution >= 0.6 is 15.9 Å². The molecule has 1 heterocycles. The summed E-state index contributed by atoms with van der Waals surface area (Å²) in [6.07, 6.45) is 1.15. The number of benzene rings is 1. The van der Waals surface area contributed by atoms with Gasteiger partial charge >= 0.3 is 0 Å². The first-order valence-corrected chi connectivity index (χ1v) is 5.28. The fraction of sp³-hybridized carbons (Fsp3) is 0.400. The quantitative estimate of drug-likeness (QED) is 0.737. The van der Waals surface area contributed by atoms with E-state index in [0.29, 0.717) is 16.3 Å². The lowest BCUT2D eigenvalue weighted by molar-refractivity contribution is 0.597. The van der Waals surface area contributed by atoms with Crippen molar-refractivity contribution in [3.05, 3.63) is 28.0 Å². The van der Waals surface area contributed by atoms with Gasteiger partial charge in [-0.2, -0.15) is 0 Å². The Kier molecular flexibility index (Phi) is 1.48. The number of halogens is 2. The zero-order valence-electron chi connectivity index (χ0n) is 6.98. The second-order valence-electron chi connectivity index (χ2n) is 3.81. The molecule has 68 valence electrons. The van der Waals surface area contributed by atoms with Crippen molar-refractivity contribution < 1.29 is 4.39 Å². The molecule has 3 heteroatoms. The minimum Gasteiger partial charge on any atom is -0.384 e. The predicted octanol–water partition coefficient (Wildman–Crippen LogP) is 3.12. The summed E-state index contributed by atoms with van der Waals surface area (Å²) >= 11 is 3.22. The smallest absolute Gasteiger partial charge is 0.142 e. The van der Waals surface area contributed by atoms with Gasteiger partial charge in [-0.25, -0.2) is 4.39 Å². The molecule has 13 heavy (non-hydrogen) atoms. The summed E-state index contributed by atoms with van der Waals surface area (Å²) in [4.78, 5) is 0. The van der Waals surface area contributed by atoms with Crippen molar-refractivity contribution in [2.24, 2.45) is 5.92 Å². The molecular weight excluding hydrogens is 233 g/mol. The molecule has 1 nitrogen and oxygen atoms in total. The third-order valence-corrected chi connectivity index (χ3v) is 3.59. The van der Waals surface area contributed by atoms with Crippen LogP contribution in [0.3, 0.4) is 0 Å². The zero-order chi connectivity index (χ0) is 9.00. The fourth-order valence-corrected chi connectivity index (χ4v) is 2.50. The van der Waals surface area contributed by atoms with Gasteiger partial charge in [-0.3, -0.25) is 0 Å². The maximum absolute atomic E-state index is 13.7. The summed E-state index contributed by atoms with van der Waals surface area (Å²) < 4.78 is 14.3. The van der Waals surface area contributed by atoms with E-state index in [1.807, 2.05) is 6.07 Å². The van der Waals surface area contributed by atoms with Crippen molar-refractivity contribution in [2.45, 2.75) is 12.3 Å². The molecule has 1 aliphatic carbocycles. The number of hydrogen-bond acceptors (Lipinski definition) is 1. The minimum absolute atomic E-state index is 0.0720. The highest BCUT2D eigenvalue weighted by molar-refractivity contribution is 9.10. The van der Waals surface area contributed by atoms with E-state index in [0.717, 1.165) is 24.2 Å². The summed E-state index contributed by atoms with van der Waals surface area (Å²) in [6, 6.07) is 3.72. The topological polar surface area (TPSA) is 12.0 Å². The summed E-state index contributed by atoms with van der Waals surface area (Å²) in [6.45, 7) is 1.01. The van der Waals surface area contributed by atoms with Crippen LogP contribution < -0.4 is 5.32 Å². The van der Waals surface area contributed by atoms with Crippen LogP contribution in [0.1, 0.15) is 17.9 Å². The van der Waals surface area contributed by atoms with Crippen molar-refractivity contribution in [1.29, 1.82) is 0 Å². The maximum Gasteiger partial charge on any atom is 0.142 e. The molecule has 1 N–H and O–H groups in total. The summed E-state index contributed by atoms with van der Waals surface area (Å²) in [7, 11) is 0. The zero-order valence-corrected chi connectivity index (χ0v) is 8.57. The van der Waals surface area contributed by atoms with Gasteiger partial charge in [0.2, 0.25) is 0 Å². The molecule has 0 spiro atoms. The fourth-order valence-electron chi connectivity index (χ4n) is 2.15. The average molecular weight is 242 g/mol. The lowest BCUT2D eigenvalue weighted by Gasteiger charge is -2.18. The van der Waals surface area contributed by atoms with Crippen LogP contribution in [0.15, 0.2) is 16.6 Å². The number of fused-ring (bicyclic) bond motifs is 3. The van der Waals surface area contributed by atoms with E-state index in [2.05, 4.69) is 21.2 Å². The molecule has 1 saturated carbocycles. The number of hydrogen-bond donors (Lipinski definition) is 1. The Balaban J connectivity index is 2.21. The molecule has 1 fully saturated rings. The Morgan fingerprint density at radius 1 is 1.46 bits per heavy atom. The Bertz CT molecular complexity index is 377. The van der Waals surface area contributed by atoms with Gasteiger partial charge in [-0.15, -0.1) is 0 Å². The predicted molar refractivity (Wildman–Crippen MR) is 53.4 cm³/mol. The van der Waals surface area contributed by atoms with Crippen molar-refractivity contribution in [2.75, 3.05) is 11.9 Å². The summed E-state index contributed by atoms with van der Waals surface area (Å²) in [5.74, 6) is 1.09. The van der Waals surface area contributed by atoms with E-state index in [4.69, 9.17) is 0 Å². The molecule has 0 bridgehead atoms. The first-order valence-electron chi connectivity index (χ1n) is 4.49. The molecule has 1 aliphatic heterocycles. The molecule has 2 unspecified atom stereocenters. The van der Waals surface area contributed by atoms with Crippen LogP contribution in [0, 0.1) is 11.7 Å². The van der Waals surface area contributed by atoms with E-state index in [1.54, 1.807) is 6.07 Å². The largest absolute Gasteiger partial charge is 0.384 e. The molecule has 2 atom stereocenters. The summed E-state index contributed by atoms with van der Waals surface area (Å²) in [5.41, 5.74) is 1.88. The van der Waals surface area contributed by atoms with Gasteiger partial charge in [0.25, 0.3) is 0 Å². The van der Waals surface area contributed by atoms with Gasteiger partial charge in [-0.05, 0) is 46.3 Å². The molecule has 0 amide bonds. The molecule has 0 aromatic heterocycles. The van der Waals surface area contributed by atoms with E-state index in [-0.39, 0.29) is 5.82 Å². The molecule has 0 saturated heterocycles. The van der Waals surface area contributed by atoms with Crippen LogP contribution in [0.4, 0.5) is 10.1 Å². The second kappa shape index (κ2) is 2.47. The lowest BCUT2D eigenvalue weighted by Crippen LogP contribution is -2.13. The lowest BCUT2D eigenvalue weighted by atomic mass is 10.0. The van der Waals surface area contributed by atoms with Crippen molar-refractivity contribution in [3.8, 4) is 0 Å². The standard InChI is InChI=1S/C10H9BrFN/c11-7-1-2-8-9(10(7)12)6-3-5(6)4-13-8/h1-2,5-6,13H,3-4H2. The number of rotatable bonds is 0. The van der Waals surface area contributed by atoms with Gasteiger partial charge in [0.1, 0.15) is 5.82 Å². The first kappa shape index (κ1) is 7.80. The number of anilines is 1. The minimum atomic E-state index is -0.0720. The normalized spacial score (nSPS) is 28.8. The van der Waals surface area contributed by atoms with Gasteiger partial charge < -0.3 is 5.32 Å². The van der Waals surface area contributed by atoms with Crippen LogP contribution in [0.5, 0.6) is 0 Å². The van der Waals surface area contributed by atoms with E-state index in [1.165, 1.54) is 0 Å². The molecule has 1 aromatic carbocycles. The summed E-state index contributed by atoms with van der Waals surface area (Å²) in [5, 5.41) is 3.26. The van der Waals surface area contributed by atoms with Crippen molar-refractivity contribution in [1.82, 2.24) is 0 Å². The SMILES string of the molecule is Fc1c(Br)ccc2c1C1CC1CN2. The van der Waals surface area contributed by atoms with Crippen LogP contribution in [0.2, 0.25) is 0 Å². The highest BCUT2D eigenvalue weighted by Gasteiger charge is 2.44. The van der Waals surface area contributed by atoms with E-state index < -0.39 is 0 Å². The highest BCUT2D eigenvalue weighted by Crippen LogP contribution is 2.54. The maximum atomic E-state index is 13.7. The third kappa shape index (κ3) is 1.03. The van der Waals surface area contributed by atoms with Crippen molar-refractivity contribution >= 4 is 21.6 Å². The van der Waals surface area contributed by atoms with Gasteiger partial charge in [-0.1, -0.05) is 0 Å². The Hall–Kier alpha value is -0.570. The monoisotopic (exact) mass is 241 g/mol. The molecule has 3 rings (SSSR count). The molecule has 1 aromatic rings. The third-order valence-electron chi connectivity index (χ3n) is 2.98. The molecule has 0 radical (unpaired) electrons. The average Bonchev–Trinajstić information content (AvgIpc) is 2.89. The highest BCUT2D eigenvalue weighted by atomic mass is 79.9. The first-order chi connectivity index (χ1) is 6.27. The second-order valence-corrected chi connectivity index (χ2v) is 4.66.